The molecule has 1 aromatic heterocycles. The Morgan fingerprint density at radius 3 is 3.00 bits per heavy atom. The lowest BCUT2D eigenvalue weighted by Crippen LogP contribution is -2.45. The number of rotatable bonds is 4. The molecule has 0 spiro atoms. The fourth-order valence-corrected chi connectivity index (χ4v) is 2.44. The summed E-state index contributed by atoms with van der Waals surface area (Å²) in [6.07, 6.45) is 5.16. The van der Waals surface area contributed by atoms with Crippen molar-refractivity contribution >= 4 is 11.5 Å². The molecular weight excluding hydrogens is 232 g/mol. The first kappa shape index (κ1) is 12.8. The van der Waals surface area contributed by atoms with E-state index in [-0.39, 0.29) is 5.82 Å². The summed E-state index contributed by atoms with van der Waals surface area (Å²) < 4.78 is 0. The number of nitrogens with zero attached hydrogens (tertiary/aromatic N) is 3. The number of nitro groups is 1. The van der Waals surface area contributed by atoms with Gasteiger partial charge in [0.2, 0.25) is 0 Å². The Morgan fingerprint density at radius 2 is 2.39 bits per heavy atom. The molecule has 0 amide bonds. The van der Waals surface area contributed by atoms with Crippen molar-refractivity contribution in [3.8, 4) is 0 Å². The summed E-state index contributed by atoms with van der Waals surface area (Å²) in [4.78, 5) is 16.3. The molecule has 1 aromatic rings. The average Bonchev–Trinajstić information content (AvgIpc) is 2.40. The van der Waals surface area contributed by atoms with Crippen LogP contribution in [0.2, 0.25) is 0 Å². The van der Waals surface area contributed by atoms with Crippen molar-refractivity contribution < 1.29 is 4.92 Å². The normalized spacial score (nSPS) is 19.8. The summed E-state index contributed by atoms with van der Waals surface area (Å²) in [5, 5.41) is 13.8. The molecule has 18 heavy (non-hydrogen) atoms. The second kappa shape index (κ2) is 5.77. The van der Waals surface area contributed by atoms with E-state index in [1.165, 1.54) is 12.5 Å². The van der Waals surface area contributed by atoms with E-state index in [0.29, 0.717) is 6.04 Å². The second-order valence-electron chi connectivity index (χ2n) is 4.53. The van der Waals surface area contributed by atoms with Crippen molar-refractivity contribution in [3.05, 3.63) is 28.4 Å². The van der Waals surface area contributed by atoms with Crippen molar-refractivity contribution in [1.29, 1.82) is 0 Å². The van der Waals surface area contributed by atoms with Crippen molar-refractivity contribution in [2.45, 2.75) is 25.3 Å². The Bertz CT molecular complexity index is 405. The van der Waals surface area contributed by atoms with Gasteiger partial charge in [-0.05, 0) is 42.3 Å². The molecule has 0 saturated carbocycles. The van der Waals surface area contributed by atoms with Crippen LogP contribution in [0.3, 0.4) is 0 Å². The molecule has 1 atom stereocenters. The number of aromatic nitrogens is 1. The molecule has 1 aliphatic rings. The van der Waals surface area contributed by atoms with Crippen molar-refractivity contribution in [2.24, 2.45) is 0 Å². The smallest absolute Gasteiger partial charge is 0.363 e. The van der Waals surface area contributed by atoms with Crippen LogP contribution in [0, 0.1) is 10.1 Å². The zero-order chi connectivity index (χ0) is 13.0. The summed E-state index contributed by atoms with van der Waals surface area (Å²) in [7, 11) is 1.95. The third kappa shape index (κ3) is 2.76. The molecule has 1 saturated heterocycles. The van der Waals surface area contributed by atoms with Crippen LogP contribution in [0.15, 0.2) is 18.3 Å². The van der Waals surface area contributed by atoms with Crippen molar-refractivity contribution in [3.63, 3.8) is 0 Å². The van der Waals surface area contributed by atoms with E-state index in [1.54, 1.807) is 12.3 Å². The highest BCUT2D eigenvalue weighted by atomic mass is 16.6. The molecular formula is C12H18N4O2. The van der Waals surface area contributed by atoms with Crippen LogP contribution in [-0.4, -0.2) is 36.1 Å². The lowest BCUT2D eigenvalue weighted by Gasteiger charge is -2.36. The quantitative estimate of drug-likeness (QED) is 0.648. The van der Waals surface area contributed by atoms with E-state index in [1.807, 2.05) is 7.05 Å². The van der Waals surface area contributed by atoms with Gasteiger partial charge in [0.15, 0.2) is 6.20 Å². The predicted molar refractivity (Wildman–Crippen MR) is 69.8 cm³/mol. The fraction of sp³-hybridized carbons (Fsp3) is 0.583. The lowest BCUT2D eigenvalue weighted by atomic mass is 10.0. The summed E-state index contributed by atoms with van der Waals surface area (Å²) >= 11 is 0. The van der Waals surface area contributed by atoms with E-state index < -0.39 is 4.92 Å². The maximum atomic E-state index is 10.6. The highest BCUT2D eigenvalue weighted by Crippen LogP contribution is 2.24. The molecule has 1 fully saturated rings. The summed E-state index contributed by atoms with van der Waals surface area (Å²) in [6, 6.07) is 3.71. The van der Waals surface area contributed by atoms with Gasteiger partial charge in [-0.1, -0.05) is 0 Å². The molecule has 98 valence electrons. The first-order valence-corrected chi connectivity index (χ1v) is 6.24. The number of pyridine rings is 1. The van der Waals surface area contributed by atoms with Gasteiger partial charge >= 0.3 is 5.82 Å². The monoisotopic (exact) mass is 250 g/mol. The highest BCUT2D eigenvalue weighted by molar-refractivity contribution is 5.48. The van der Waals surface area contributed by atoms with Crippen LogP contribution < -0.4 is 10.2 Å². The second-order valence-corrected chi connectivity index (χ2v) is 4.53. The van der Waals surface area contributed by atoms with Gasteiger partial charge < -0.3 is 20.3 Å². The first-order chi connectivity index (χ1) is 8.72. The molecule has 2 heterocycles. The Balaban J connectivity index is 2.15. The zero-order valence-corrected chi connectivity index (χ0v) is 10.5. The first-order valence-electron chi connectivity index (χ1n) is 6.24. The lowest BCUT2D eigenvalue weighted by molar-refractivity contribution is -0.389. The van der Waals surface area contributed by atoms with Gasteiger partial charge in [-0.2, -0.15) is 0 Å². The molecule has 1 unspecified atom stereocenters. The van der Waals surface area contributed by atoms with Gasteiger partial charge in [0.25, 0.3) is 0 Å². The van der Waals surface area contributed by atoms with Gasteiger partial charge in [-0.15, -0.1) is 0 Å². The Morgan fingerprint density at radius 1 is 1.56 bits per heavy atom. The molecule has 2 rings (SSSR count). The summed E-state index contributed by atoms with van der Waals surface area (Å²) in [5.41, 5.74) is 0.973. The predicted octanol–water partition coefficient (Wildman–Crippen LogP) is 1.57. The summed E-state index contributed by atoms with van der Waals surface area (Å²) in [5.74, 6) is -0.0964. The SMILES string of the molecule is CNCC1CCCCN1c1ccc([N+](=O)[O-])nc1. The van der Waals surface area contributed by atoms with E-state index in [9.17, 15) is 10.1 Å². The molecule has 0 bridgehead atoms. The van der Waals surface area contributed by atoms with Crippen LogP contribution >= 0.6 is 0 Å². The Labute approximate surface area is 106 Å². The molecule has 1 aliphatic heterocycles. The van der Waals surface area contributed by atoms with Crippen LogP contribution in [0.1, 0.15) is 19.3 Å². The minimum absolute atomic E-state index is 0.0964. The average molecular weight is 250 g/mol. The maximum absolute atomic E-state index is 10.6. The van der Waals surface area contributed by atoms with Gasteiger partial charge in [-0.25, -0.2) is 0 Å². The number of nitrogens with one attached hydrogen (secondary N) is 1. The topological polar surface area (TPSA) is 71.3 Å². The minimum atomic E-state index is -0.467. The molecule has 0 aliphatic carbocycles. The fourth-order valence-electron chi connectivity index (χ4n) is 2.44. The molecule has 6 heteroatoms. The molecule has 1 N–H and O–H groups in total. The van der Waals surface area contributed by atoms with E-state index in [2.05, 4.69) is 15.2 Å². The number of piperidine rings is 1. The van der Waals surface area contributed by atoms with Gasteiger partial charge in [0, 0.05) is 25.2 Å². The highest BCUT2D eigenvalue weighted by Gasteiger charge is 2.23. The van der Waals surface area contributed by atoms with Crippen molar-refractivity contribution in [1.82, 2.24) is 10.3 Å². The zero-order valence-electron chi connectivity index (χ0n) is 10.5. The van der Waals surface area contributed by atoms with Crippen LogP contribution in [-0.2, 0) is 0 Å². The Hall–Kier alpha value is -1.69. The minimum Gasteiger partial charge on any atom is -0.364 e. The Kier molecular flexibility index (Phi) is 4.09. The number of hydrogen-bond acceptors (Lipinski definition) is 5. The van der Waals surface area contributed by atoms with Crippen molar-refractivity contribution in [2.75, 3.05) is 25.0 Å². The molecule has 0 aromatic carbocycles. The van der Waals surface area contributed by atoms with E-state index >= 15 is 0 Å². The number of likely N-dealkylation sites (N-methyl/N-ethyl adjacent to an activating group) is 1. The van der Waals surface area contributed by atoms with Gasteiger partial charge in [0.1, 0.15) is 0 Å². The van der Waals surface area contributed by atoms with Crippen LogP contribution in [0.25, 0.3) is 0 Å². The molecule has 6 nitrogen and oxygen atoms in total. The van der Waals surface area contributed by atoms with E-state index in [4.69, 9.17) is 0 Å². The third-order valence-corrected chi connectivity index (χ3v) is 3.32. The van der Waals surface area contributed by atoms with Gasteiger partial charge in [-0.3, -0.25) is 0 Å². The van der Waals surface area contributed by atoms with Crippen LogP contribution in [0.4, 0.5) is 11.5 Å². The standard InChI is InChI=1S/C12H18N4O2/c1-13-8-10-4-2-3-7-15(10)11-5-6-12(14-9-11)16(17)18/h5-6,9-10,13H,2-4,7-8H2,1H3. The van der Waals surface area contributed by atoms with Gasteiger partial charge in [0.05, 0.1) is 5.69 Å². The maximum Gasteiger partial charge on any atom is 0.363 e. The van der Waals surface area contributed by atoms with E-state index in [0.717, 1.165) is 31.6 Å². The third-order valence-electron chi connectivity index (χ3n) is 3.32. The number of hydrogen-bond donors (Lipinski definition) is 1. The largest absolute Gasteiger partial charge is 0.364 e. The number of anilines is 1. The molecule has 0 radical (unpaired) electrons. The van der Waals surface area contributed by atoms with Crippen LogP contribution in [0.5, 0.6) is 0 Å². The summed E-state index contributed by atoms with van der Waals surface area (Å²) in [6.45, 7) is 1.92.